The van der Waals surface area contributed by atoms with Crippen LogP contribution in [0.25, 0.3) is 0 Å². The third kappa shape index (κ3) is 4.29. The van der Waals surface area contributed by atoms with Crippen LogP contribution in [-0.2, 0) is 13.1 Å². The minimum absolute atomic E-state index is 0.283. The van der Waals surface area contributed by atoms with Gasteiger partial charge in [-0.1, -0.05) is 23.7 Å². The molecule has 1 aromatic carbocycles. The summed E-state index contributed by atoms with van der Waals surface area (Å²) in [6.45, 7) is 4.26. The highest BCUT2D eigenvalue weighted by Crippen LogP contribution is 2.32. The van der Waals surface area contributed by atoms with E-state index in [-0.39, 0.29) is 6.79 Å². The Balaban J connectivity index is 1.61. The molecule has 0 aliphatic carbocycles. The van der Waals surface area contributed by atoms with Crippen LogP contribution in [0.1, 0.15) is 18.1 Å². The van der Waals surface area contributed by atoms with Crippen molar-refractivity contribution in [2.45, 2.75) is 20.0 Å². The van der Waals surface area contributed by atoms with Gasteiger partial charge in [0.2, 0.25) is 6.79 Å². The number of hydrogen-bond donors (Lipinski definition) is 2. The molecule has 0 fully saturated rings. The van der Waals surface area contributed by atoms with E-state index in [2.05, 4.69) is 20.6 Å². The molecule has 2 heterocycles. The first kappa shape index (κ1) is 16.4. The maximum absolute atomic E-state index is 5.79. The Morgan fingerprint density at radius 2 is 2.00 bits per heavy atom. The third-order valence-corrected chi connectivity index (χ3v) is 3.67. The van der Waals surface area contributed by atoms with Gasteiger partial charge in [0, 0.05) is 19.3 Å². The zero-order chi connectivity index (χ0) is 16.8. The molecule has 3 rings (SSSR count). The third-order valence-electron chi connectivity index (χ3n) is 3.45. The number of fused-ring (bicyclic) bond motifs is 1. The van der Waals surface area contributed by atoms with Crippen molar-refractivity contribution >= 4 is 17.6 Å². The van der Waals surface area contributed by atoms with Gasteiger partial charge in [-0.3, -0.25) is 0 Å². The van der Waals surface area contributed by atoms with Gasteiger partial charge in [0.1, 0.15) is 5.15 Å². The first-order valence-electron chi connectivity index (χ1n) is 7.75. The van der Waals surface area contributed by atoms with E-state index < -0.39 is 0 Å². The number of guanidine groups is 1. The molecular weight excluding hydrogens is 328 g/mol. The number of hydrogen-bond acceptors (Lipinski definition) is 4. The average molecular weight is 347 g/mol. The number of nitrogens with one attached hydrogen (secondary N) is 2. The predicted molar refractivity (Wildman–Crippen MR) is 93.5 cm³/mol. The predicted octanol–water partition coefficient (Wildman–Crippen LogP) is 2.72. The number of pyridine rings is 1. The van der Waals surface area contributed by atoms with Gasteiger partial charge in [0.15, 0.2) is 17.5 Å². The maximum atomic E-state index is 5.79. The molecule has 1 aliphatic heterocycles. The lowest BCUT2D eigenvalue weighted by Gasteiger charge is -2.11. The van der Waals surface area contributed by atoms with Crippen molar-refractivity contribution in [1.82, 2.24) is 15.6 Å². The van der Waals surface area contributed by atoms with Crippen LogP contribution >= 0.6 is 11.6 Å². The summed E-state index contributed by atoms with van der Waals surface area (Å²) >= 11 is 5.79. The Bertz CT molecular complexity index is 719. The molecule has 0 atom stereocenters. The summed E-state index contributed by atoms with van der Waals surface area (Å²) in [6, 6.07) is 9.58. The summed E-state index contributed by atoms with van der Waals surface area (Å²) in [5.41, 5.74) is 2.10. The van der Waals surface area contributed by atoms with Crippen LogP contribution in [0.4, 0.5) is 0 Å². The highest BCUT2D eigenvalue weighted by Gasteiger charge is 2.13. The van der Waals surface area contributed by atoms with Crippen molar-refractivity contribution in [3.63, 3.8) is 0 Å². The highest BCUT2D eigenvalue weighted by atomic mass is 35.5. The molecule has 7 heteroatoms. The summed E-state index contributed by atoms with van der Waals surface area (Å²) < 4.78 is 10.7. The number of ether oxygens (including phenoxy) is 2. The van der Waals surface area contributed by atoms with Crippen molar-refractivity contribution < 1.29 is 9.47 Å². The summed E-state index contributed by atoms with van der Waals surface area (Å²) in [5, 5.41) is 7.01. The Morgan fingerprint density at radius 1 is 1.17 bits per heavy atom. The zero-order valence-corrected chi connectivity index (χ0v) is 14.1. The van der Waals surface area contributed by atoms with Crippen molar-refractivity contribution in [1.29, 1.82) is 0 Å². The number of benzene rings is 1. The average Bonchev–Trinajstić information content (AvgIpc) is 3.06. The number of aromatic nitrogens is 1. The van der Waals surface area contributed by atoms with E-state index in [4.69, 9.17) is 21.1 Å². The molecule has 0 saturated heterocycles. The molecule has 2 aromatic rings. The lowest BCUT2D eigenvalue weighted by molar-refractivity contribution is 0.174. The highest BCUT2D eigenvalue weighted by molar-refractivity contribution is 6.29. The minimum atomic E-state index is 0.283. The number of aliphatic imine (C=N–C) groups is 1. The first-order valence-corrected chi connectivity index (χ1v) is 8.13. The number of rotatable bonds is 5. The van der Waals surface area contributed by atoms with Crippen molar-refractivity contribution in [2.75, 3.05) is 13.3 Å². The Morgan fingerprint density at radius 3 is 2.79 bits per heavy atom. The molecular formula is C17H19ClN4O2. The fourth-order valence-electron chi connectivity index (χ4n) is 2.25. The van der Waals surface area contributed by atoms with Crippen molar-refractivity contribution in [3.8, 4) is 11.5 Å². The fraction of sp³-hybridized carbons (Fsp3) is 0.294. The van der Waals surface area contributed by atoms with Crippen LogP contribution < -0.4 is 20.1 Å². The quantitative estimate of drug-likeness (QED) is 0.495. The molecule has 0 bridgehead atoms. The monoisotopic (exact) mass is 346 g/mol. The summed E-state index contributed by atoms with van der Waals surface area (Å²) in [4.78, 5) is 8.62. The van der Waals surface area contributed by atoms with Crippen LogP contribution in [0.5, 0.6) is 11.5 Å². The standard InChI is InChI=1S/C17H19ClN4O2/c1-2-19-17(22-10-13-4-6-16(18)20-9-13)21-8-12-3-5-14-15(7-12)24-11-23-14/h3-7,9H,2,8,10-11H2,1H3,(H2,19,21,22). The number of halogens is 1. The van der Waals surface area contributed by atoms with Gasteiger partial charge in [-0.05, 0) is 36.2 Å². The minimum Gasteiger partial charge on any atom is -0.454 e. The van der Waals surface area contributed by atoms with Crippen LogP contribution in [-0.4, -0.2) is 24.3 Å². The van der Waals surface area contributed by atoms with Gasteiger partial charge >= 0.3 is 0 Å². The Labute approximate surface area is 145 Å². The van der Waals surface area contributed by atoms with Gasteiger partial charge in [-0.25, -0.2) is 9.98 Å². The smallest absolute Gasteiger partial charge is 0.231 e. The summed E-state index contributed by atoms with van der Waals surface area (Å²) in [6.07, 6.45) is 1.73. The second-order valence-electron chi connectivity index (χ2n) is 5.23. The molecule has 0 radical (unpaired) electrons. The van der Waals surface area contributed by atoms with Gasteiger partial charge in [-0.15, -0.1) is 0 Å². The summed E-state index contributed by atoms with van der Waals surface area (Å²) in [7, 11) is 0. The van der Waals surface area contributed by atoms with E-state index in [9.17, 15) is 0 Å². The largest absolute Gasteiger partial charge is 0.454 e. The molecule has 0 unspecified atom stereocenters. The van der Waals surface area contributed by atoms with E-state index >= 15 is 0 Å². The normalized spacial score (nSPS) is 13.0. The second-order valence-corrected chi connectivity index (χ2v) is 5.61. The van der Waals surface area contributed by atoms with E-state index in [0.29, 0.717) is 18.2 Å². The van der Waals surface area contributed by atoms with Gasteiger partial charge in [0.25, 0.3) is 0 Å². The molecule has 6 nitrogen and oxygen atoms in total. The van der Waals surface area contributed by atoms with Crippen LogP contribution in [0.15, 0.2) is 41.5 Å². The van der Waals surface area contributed by atoms with Gasteiger partial charge < -0.3 is 20.1 Å². The molecule has 2 N–H and O–H groups in total. The lowest BCUT2D eigenvalue weighted by atomic mass is 10.2. The van der Waals surface area contributed by atoms with Crippen molar-refractivity contribution in [2.24, 2.45) is 4.99 Å². The maximum Gasteiger partial charge on any atom is 0.231 e. The van der Waals surface area contributed by atoms with E-state index in [1.165, 1.54) is 0 Å². The Kier molecular flexibility index (Phi) is 5.38. The molecule has 24 heavy (non-hydrogen) atoms. The zero-order valence-electron chi connectivity index (χ0n) is 13.4. The molecule has 0 spiro atoms. The first-order chi connectivity index (χ1) is 11.7. The molecule has 126 valence electrons. The van der Waals surface area contributed by atoms with Crippen LogP contribution in [0.2, 0.25) is 5.15 Å². The topological polar surface area (TPSA) is 67.8 Å². The Hall–Kier alpha value is -2.47. The SMILES string of the molecule is CCNC(=NCc1ccc(Cl)nc1)NCc1ccc2c(c1)OCO2. The molecule has 1 aromatic heterocycles. The van der Waals surface area contributed by atoms with E-state index in [1.807, 2.05) is 31.2 Å². The van der Waals surface area contributed by atoms with Gasteiger partial charge in [0.05, 0.1) is 6.54 Å². The number of nitrogens with zero attached hydrogens (tertiary/aromatic N) is 2. The van der Waals surface area contributed by atoms with Crippen LogP contribution in [0.3, 0.4) is 0 Å². The second kappa shape index (κ2) is 7.88. The lowest BCUT2D eigenvalue weighted by Crippen LogP contribution is -2.36. The van der Waals surface area contributed by atoms with E-state index in [0.717, 1.165) is 35.1 Å². The summed E-state index contributed by atoms with van der Waals surface area (Å²) in [5.74, 6) is 2.31. The van der Waals surface area contributed by atoms with Gasteiger partial charge in [-0.2, -0.15) is 0 Å². The molecule has 0 amide bonds. The fourth-order valence-corrected chi connectivity index (χ4v) is 2.36. The van der Waals surface area contributed by atoms with Crippen LogP contribution in [0, 0.1) is 0 Å². The molecule has 0 saturated carbocycles. The molecule has 1 aliphatic rings. The van der Waals surface area contributed by atoms with E-state index in [1.54, 1.807) is 12.3 Å². The van der Waals surface area contributed by atoms with Crippen molar-refractivity contribution in [3.05, 3.63) is 52.8 Å².